The third-order valence-corrected chi connectivity index (χ3v) is 3.87. The summed E-state index contributed by atoms with van der Waals surface area (Å²) in [7, 11) is 0. The van der Waals surface area contributed by atoms with Crippen LogP contribution < -0.4 is 10.9 Å². The number of morpholine rings is 1. The Labute approximate surface area is 112 Å². The molecule has 3 rings (SSSR count). The highest BCUT2D eigenvalue weighted by Gasteiger charge is 2.35. The smallest absolute Gasteiger partial charge is 0.185 e. The minimum Gasteiger partial charge on any atom is -0.375 e. The second-order valence-corrected chi connectivity index (χ2v) is 5.14. The van der Waals surface area contributed by atoms with Gasteiger partial charge in [-0.15, -0.1) is 0 Å². The highest BCUT2D eigenvalue weighted by Crippen LogP contribution is 2.30. The molecular formula is C14H19N3O2. The summed E-state index contributed by atoms with van der Waals surface area (Å²) in [5.74, 6) is 0. The van der Waals surface area contributed by atoms with Gasteiger partial charge in [0.1, 0.15) is 6.17 Å². The van der Waals surface area contributed by atoms with Crippen molar-refractivity contribution in [1.29, 1.82) is 0 Å². The van der Waals surface area contributed by atoms with E-state index in [2.05, 4.69) is 23.3 Å². The van der Waals surface area contributed by atoms with E-state index in [0.717, 1.165) is 17.0 Å². The fraction of sp³-hybridized carbons (Fsp3) is 0.500. The quantitative estimate of drug-likeness (QED) is 0.760. The van der Waals surface area contributed by atoms with Crippen LogP contribution in [0.3, 0.4) is 0 Å². The molecule has 19 heavy (non-hydrogen) atoms. The first kappa shape index (κ1) is 12.3. The Balaban J connectivity index is 2.19. The third-order valence-electron chi connectivity index (χ3n) is 3.87. The standard InChI is InChI=1S/C14H19N3O2/c1-4-11-14-10(3)12(18)5-6-16(14)15-13-8-19-7-9(2)17(11)13/h4-6,9,13,15H,7-8H2,1-3H3/b11-4+/t9-,13-/m0/s1. The van der Waals surface area contributed by atoms with Gasteiger partial charge in [-0.25, -0.2) is 0 Å². The molecule has 2 aliphatic rings. The lowest BCUT2D eigenvalue weighted by Gasteiger charge is -2.48. The number of nitrogens with one attached hydrogen (secondary N) is 1. The lowest BCUT2D eigenvalue weighted by molar-refractivity contribution is -0.0109. The van der Waals surface area contributed by atoms with E-state index in [1.54, 1.807) is 12.3 Å². The Morgan fingerprint density at radius 1 is 1.47 bits per heavy atom. The van der Waals surface area contributed by atoms with Gasteiger partial charge in [0.05, 0.1) is 30.6 Å². The van der Waals surface area contributed by atoms with Gasteiger partial charge in [0.25, 0.3) is 0 Å². The number of pyridine rings is 1. The van der Waals surface area contributed by atoms with Crippen molar-refractivity contribution in [2.45, 2.75) is 33.0 Å². The van der Waals surface area contributed by atoms with E-state index in [0.29, 0.717) is 19.3 Å². The van der Waals surface area contributed by atoms with Crippen LogP contribution in [0.5, 0.6) is 0 Å². The average molecular weight is 261 g/mol. The molecule has 1 aromatic heterocycles. The summed E-state index contributed by atoms with van der Waals surface area (Å²) in [5, 5.41) is 0. The monoisotopic (exact) mass is 261 g/mol. The number of aromatic nitrogens is 1. The Morgan fingerprint density at radius 3 is 3.00 bits per heavy atom. The Morgan fingerprint density at radius 2 is 2.26 bits per heavy atom. The second-order valence-electron chi connectivity index (χ2n) is 5.14. The normalized spacial score (nSPS) is 27.7. The van der Waals surface area contributed by atoms with Crippen molar-refractivity contribution < 1.29 is 4.74 Å². The van der Waals surface area contributed by atoms with Crippen molar-refractivity contribution in [1.82, 2.24) is 9.58 Å². The zero-order chi connectivity index (χ0) is 13.6. The molecule has 1 saturated heterocycles. The average Bonchev–Trinajstić information content (AvgIpc) is 2.41. The lowest BCUT2D eigenvalue weighted by Crippen LogP contribution is -2.58. The molecule has 5 heteroatoms. The van der Waals surface area contributed by atoms with E-state index < -0.39 is 0 Å². The molecule has 0 radical (unpaired) electrons. The van der Waals surface area contributed by atoms with Crippen LogP contribution >= 0.6 is 0 Å². The number of hydrogen-bond acceptors (Lipinski definition) is 4. The maximum Gasteiger partial charge on any atom is 0.185 e. The van der Waals surface area contributed by atoms with Crippen molar-refractivity contribution >= 4 is 5.70 Å². The third kappa shape index (κ3) is 1.76. The van der Waals surface area contributed by atoms with E-state index in [1.165, 1.54) is 0 Å². The predicted octanol–water partition coefficient (Wildman–Crippen LogP) is 1.12. The molecule has 0 aromatic carbocycles. The molecule has 0 saturated carbocycles. The number of nitrogens with zero attached hydrogens (tertiary/aromatic N) is 2. The zero-order valence-corrected chi connectivity index (χ0v) is 11.5. The molecule has 0 spiro atoms. The highest BCUT2D eigenvalue weighted by molar-refractivity contribution is 5.66. The van der Waals surface area contributed by atoms with Crippen LogP contribution in [-0.4, -0.2) is 35.0 Å². The fourth-order valence-corrected chi connectivity index (χ4v) is 2.95. The van der Waals surface area contributed by atoms with Crippen molar-refractivity contribution in [3.05, 3.63) is 39.8 Å². The molecule has 2 aliphatic heterocycles. The molecule has 3 heterocycles. The molecule has 0 aliphatic carbocycles. The SMILES string of the molecule is C/C=C1\c2c(C)c(=O)ccn2N[C@@H]2COC[C@H](C)N12. The number of fused-ring (bicyclic) bond motifs is 2. The van der Waals surface area contributed by atoms with Gasteiger partial charge in [-0.2, -0.15) is 0 Å². The summed E-state index contributed by atoms with van der Waals surface area (Å²) in [6, 6.07) is 1.89. The predicted molar refractivity (Wildman–Crippen MR) is 74.4 cm³/mol. The van der Waals surface area contributed by atoms with E-state index >= 15 is 0 Å². The van der Waals surface area contributed by atoms with Gasteiger partial charge >= 0.3 is 0 Å². The molecular weight excluding hydrogens is 242 g/mol. The van der Waals surface area contributed by atoms with Gasteiger partial charge in [-0.3, -0.25) is 9.47 Å². The van der Waals surface area contributed by atoms with Gasteiger partial charge in [0, 0.05) is 17.8 Å². The minimum absolute atomic E-state index is 0.0757. The zero-order valence-electron chi connectivity index (χ0n) is 11.5. The van der Waals surface area contributed by atoms with Gasteiger partial charge in [-0.05, 0) is 20.8 Å². The van der Waals surface area contributed by atoms with Gasteiger partial charge < -0.3 is 15.1 Å². The Hall–Kier alpha value is -1.75. The van der Waals surface area contributed by atoms with Crippen molar-refractivity contribution in [2.75, 3.05) is 18.6 Å². The number of hydrogen-bond donors (Lipinski definition) is 1. The van der Waals surface area contributed by atoms with Crippen LogP contribution in [0.15, 0.2) is 23.1 Å². The number of rotatable bonds is 0. The van der Waals surface area contributed by atoms with Crippen molar-refractivity contribution in [3.63, 3.8) is 0 Å². The van der Waals surface area contributed by atoms with Crippen molar-refractivity contribution in [2.24, 2.45) is 0 Å². The molecule has 0 amide bonds. The summed E-state index contributed by atoms with van der Waals surface area (Å²) < 4.78 is 7.55. The molecule has 1 fully saturated rings. The fourth-order valence-electron chi connectivity index (χ4n) is 2.95. The summed E-state index contributed by atoms with van der Waals surface area (Å²) in [4.78, 5) is 14.2. The summed E-state index contributed by atoms with van der Waals surface area (Å²) >= 11 is 0. The van der Waals surface area contributed by atoms with Crippen LogP contribution in [0.4, 0.5) is 0 Å². The van der Waals surface area contributed by atoms with Gasteiger partial charge in [0.2, 0.25) is 0 Å². The van der Waals surface area contributed by atoms with Crippen LogP contribution in [0.2, 0.25) is 0 Å². The molecule has 1 aromatic rings. The lowest BCUT2D eigenvalue weighted by atomic mass is 10.1. The summed E-state index contributed by atoms with van der Waals surface area (Å²) in [6.45, 7) is 7.40. The Kier molecular flexibility index (Phi) is 2.86. The second kappa shape index (κ2) is 4.42. The Bertz CT molecular complexity index is 591. The first-order chi connectivity index (χ1) is 9.13. The van der Waals surface area contributed by atoms with E-state index in [9.17, 15) is 4.79 Å². The van der Waals surface area contributed by atoms with Crippen LogP contribution in [0.1, 0.15) is 25.1 Å². The maximum absolute atomic E-state index is 11.9. The number of ether oxygens (including phenoxy) is 1. The van der Waals surface area contributed by atoms with Crippen LogP contribution in [0.25, 0.3) is 5.70 Å². The summed E-state index contributed by atoms with van der Waals surface area (Å²) in [6.07, 6.45) is 3.99. The maximum atomic E-state index is 11.9. The molecule has 102 valence electrons. The van der Waals surface area contributed by atoms with Crippen LogP contribution in [0, 0.1) is 6.92 Å². The molecule has 1 N–H and O–H groups in total. The number of allylic oxidation sites excluding steroid dienone is 1. The molecule has 0 unspecified atom stereocenters. The largest absolute Gasteiger partial charge is 0.375 e. The molecule has 5 nitrogen and oxygen atoms in total. The van der Waals surface area contributed by atoms with Gasteiger partial charge in [-0.1, -0.05) is 6.08 Å². The molecule has 2 atom stereocenters. The minimum atomic E-state index is 0.0757. The first-order valence-corrected chi connectivity index (χ1v) is 6.65. The highest BCUT2D eigenvalue weighted by atomic mass is 16.5. The first-order valence-electron chi connectivity index (χ1n) is 6.65. The van der Waals surface area contributed by atoms with Crippen LogP contribution in [-0.2, 0) is 4.74 Å². The topological polar surface area (TPSA) is 46.5 Å². The van der Waals surface area contributed by atoms with Crippen molar-refractivity contribution in [3.8, 4) is 0 Å². The van der Waals surface area contributed by atoms with E-state index in [4.69, 9.17) is 4.74 Å². The van der Waals surface area contributed by atoms with Gasteiger partial charge in [0.15, 0.2) is 5.43 Å². The molecule has 0 bridgehead atoms. The van der Waals surface area contributed by atoms with E-state index in [1.807, 2.05) is 18.5 Å². The van der Waals surface area contributed by atoms with E-state index in [-0.39, 0.29) is 11.6 Å². The summed E-state index contributed by atoms with van der Waals surface area (Å²) in [5.41, 5.74) is 6.32.